The van der Waals surface area contributed by atoms with Crippen LogP contribution >= 0.6 is 0 Å². The molecule has 0 spiro atoms. The van der Waals surface area contributed by atoms with E-state index in [1.165, 1.54) is 103 Å². The number of carbonyl (C=O) groups is 2. The van der Waals surface area contributed by atoms with Crippen LogP contribution < -0.4 is 10.6 Å². The van der Waals surface area contributed by atoms with E-state index >= 15 is 0 Å². The molecular formula is C33H64N2O3. The Kier molecular flexibility index (Phi) is 18.1. The zero-order valence-electron chi connectivity index (χ0n) is 26.2. The molecule has 38 heavy (non-hydrogen) atoms. The van der Waals surface area contributed by atoms with Gasteiger partial charge in [-0.05, 0) is 48.9 Å². The fraction of sp³-hybridized carbons (Fsp3) is 0.939. The van der Waals surface area contributed by atoms with Crippen LogP contribution in [0.5, 0.6) is 0 Å². The van der Waals surface area contributed by atoms with E-state index in [1.807, 2.05) is 0 Å². The Labute approximate surface area is 236 Å². The first-order valence-electron chi connectivity index (χ1n) is 16.3. The second kappa shape index (κ2) is 19.7. The van der Waals surface area contributed by atoms with E-state index in [2.05, 4.69) is 45.3 Å². The normalized spacial score (nSPS) is 21.6. The lowest BCUT2D eigenvalue weighted by molar-refractivity contribution is -0.119. The Morgan fingerprint density at radius 3 is 1.79 bits per heavy atom. The molecule has 0 bridgehead atoms. The molecule has 0 radical (unpaired) electrons. The molecule has 2 amide bonds. The second-order valence-corrected chi connectivity index (χ2v) is 13.6. The number of carbonyl (C=O) groups excluding carboxylic acids is 2. The number of unbranched alkanes of at least 4 members (excludes halogenated alkanes) is 12. The lowest BCUT2D eigenvalue weighted by Crippen LogP contribution is -2.50. The maximum Gasteiger partial charge on any atom is 0.407 e. The van der Waals surface area contributed by atoms with Crippen LogP contribution in [0.3, 0.4) is 0 Å². The minimum absolute atomic E-state index is 0.00595. The van der Waals surface area contributed by atoms with Crippen LogP contribution in [-0.2, 0) is 9.53 Å². The predicted molar refractivity (Wildman–Crippen MR) is 161 cm³/mol. The van der Waals surface area contributed by atoms with E-state index in [-0.39, 0.29) is 28.9 Å². The number of ether oxygens (including phenoxy) is 1. The molecule has 1 aliphatic rings. The van der Waals surface area contributed by atoms with Gasteiger partial charge in [0.05, 0.1) is 6.61 Å². The van der Waals surface area contributed by atoms with Gasteiger partial charge in [-0.25, -0.2) is 4.79 Å². The third-order valence-corrected chi connectivity index (χ3v) is 8.41. The monoisotopic (exact) mass is 536 g/mol. The number of amides is 2. The van der Waals surface area contributed by atoms with E-state index in [9.17, 15) is 9.59 Å². The summed E-state index contributed by atoms with van der Waals surface area (Å²) in [6.45, 7) is 14.0. The van der Waals surface area contributed by atoms with Gasteiger partial charge in [0.2, 0.25) is 5.91 Å². The highest BCUT2D eigenvalue weighted by atomic mass is 16.5. The summed E-state index contributed by atoms with van der Waals surface area (Å²) < 4.78 is 5.84. The Hall–Kier alpha value is -1.26. The zero-order chi connectivity index (χ0) is 28.3. The molecule has 0 aliphatic heterocycles. The third kappa shape index (κ3) is 17.4. The average molecular weight is 537 g/mol. The van der Waals surface area contributed by atoms with Gasteiger partial charge in [0.15, 0.2) is 0 Å². The minimum atomic E-state index is -0.265. The highest BCUT2D eigenvalue weighted by Gasteiger charge is 2.42. The maximum absolute atomic E-state index is 12.9. The van der Waals surface area contributed by atoms with Gasteiger partial charge in [-0.1, -0.05) is 125 Å². The van der Waals surface area contributed by atoms with Crippen LogP contribution in [0, 0.1) is 16.7 Å². The molecule has 1 rings (SSSR count). The van der Waals surface area contributed by atoms with Gasteiger partial charge in [-0.15, -0.1) is 0 Å². The second-order valence-electron chi connectivity index (χ2n) is 13.6. The van der Waals surface area contributed by atoms with Crippen LogP contribution in [-0.4, -0.2) is 31.2 Å². The highest BCUT2D eigenvalue weighted by molar-refractivity contribution is 5.72. The first-order chi connectivity index (χ1) is 18.1. The standard InChI is InChI=1S/C33H64N2O3/c1-7-9-11-13-15-16-18-20-22-29(21-19-17-14-12-10-8-2)25-38-31(37)35-30-23-32(4,5)26-33(6,24-30)27-34-28(3)36/h29-30H,7-27H2,1-6H3,(H,34,36)(H,35,37). The average Bonchev–Trinajstić information content (AvgIpc) is 2.83. The van der Waals surface area contributed by atoms with Crippen molar-refractivity contribution in [1.29, 1.82) is 0 Å². The van der Waals surface area contributed by atoms with E-state index < -0.39 is 0 Å². The number of hydrogen-bond acceptors (Lipinski definition) is 3. The molecule has 2 N–H and O–H groups in total. The lowest BCUT2D eigenvalue weighted by Gasteiger charge is -2.46. The van der Waals surface area contributed by atoms with Gasteiger partial charge in [0.1, 0.15) is 0 Å². The molecule has 1 fully saturated rings. The van der Waals surface area contributed by atoms with Gasteiger partial charge >= 0.3 is 6.09 Å². The van der Waals surface area contributed by atoms with Crippen molar-refractivity contribution in [3.63, 3.8) is 0 Å². The summed E-state index contributed by atoms with van der Waals surface area (Å²) in [5, 5.41) is 6.19. The molecular weight excluding hydrogens is 472 g/mol. The van der Waals surface area contributed by atoms with Crippen LogP contribution in [0.2, 0.25) is 0 Å². The Morgan fingerprint density at radius 1 is 0.789 bits per heavy atom. The summed E-state index contributed by atoms with van der Waals surface area (Å²) in [5.74, 6) is 0.478. The quantitative estimate of drug-likeness (QED) is 0.144. The van der Waals surface area contributed by atoms with Crippen molar-refractivity contribution in [1.82, 2.24) is 10.6 Å². The van der Waals surface area contributed by atoms with Crippen molar-refractivity contribution >= 4 is 12.0 Å². The van der Waals surface area contributed by atoms with E-state index in [1.54, 1.807) is 6.92 Å². The van der Waals surface area contributed by atoms with E-state index in [4.69, 9.17) is 4.74 Å². The van der Waals surface area contributed by atoms with Crippen LogP contribution in [0.25, 0.3) is 0 Å². The highest BCUT2D eigenvalue weighted by Crippen LogP contribution is 2.45. The molecule has 3 unspecified atom stereocenters. The minimum Gasteiger partial charge on any atom is -0.449 e. The molecule has 1 saturated carbocycles. The van der Waals surface area contributed by atoms with Crippen LogP contribution in [0.4, 0.5) is 4.79 Å². The summed E-state index contributed by atoms with van der Waals surface area (Å²) in [5.41, 5.74) is 0.0858. The summed E-state index contributed by atoms with van der Waals surface area (Å²) in [6, 6.07) is 0.0785. The lowest BCUT2D eigenvalue weighted by atomic mass is 9.62. The summed E-state index contributed by atoms with van der Waals surface area (Å²) in [7, 11) is 0. The molecule has 1 aliphatic carbocycles. The molecule has 3 atom stereocenters. The Morgan fingerprint density at radius 2 is 1.29 bits per heavy atom. The van der Waals surface area contributed by atoms with Crippen molar-refractivity contribution in [2.75, 3.05) is 13.2 Å². The molecule has 0 heterocycles. The topological polar surface area (TPSA) is 67.4 Å². The number of rotatable bonds is 21. The molecule has 0 aromatic carbocycles. The smallest absolute Gasteiger partial charge is 0.407 e. The van der Waals surface area contributed by atoms with Gasteiger partial charge in [-0.2, -0.15) is 0 Å². The van der Waals surface area contributed by atoms with Gasteiger partial charge in [0, 0.05) is 19.5 Å². The van der Waals surface area contributed by atoms with Crippen LogP contribution in [0.15, 0.2) is 0 Å². The molecule has 224 valence electrons. The van der Waals surface area contributed by atoms with Crippen LogP contribution in [0.1, 0.15) is 164 Å². The fourth-order valence-corrected chi connectivity index (χ4v) is 6.70. The largest absolute Gasteiger partial charge is 0.449 e. The molecule has 0 saturated heterocycles. The molecule has 5 nitrogen and oxygen atoms in total. The molecule has 0 aromatic rings. The maximum atomic E-state index is 12.9. The molecule has 0 aromatic heterocycles. The summed E-state index contributed by atoms with van der Waals surface area (Å²) in [4.78, 5) is 24.4. The number of nitrogens with one attached hydrogen (secondary N) is 2. The Balaban J connectivity index is 2.50. The van der Waals surface area contributed by atoms with E-state index in [0.717, 1.165) is 19.3 Å². The van der Waals surface area contributed by atoms with Crippen molar-refractivity contribution in [3.8, 4) is 0 Å². The van der Waals surface area contributed by atoms with Crippen molar-refractivity contribution in [2.45, 2.75) is 170 Å². The predicted octanol–water partition coefficient (Wildman–Crippen LogP) is 9.33. The number of hydrogen-bond donors (Lipinski definition) is 2. The SMILES string of the molecule is CCCCCCCCCCC(CCCCCCCC)COC(=O)NC1CC(C)(C)CC(C)(CNC(C)=O)C1. The van der Waals surface area contributed by atoms with Gasteiger partial charge in [-0.3, -0.25) is 4.79 Å². The van der Waals surface area contributed by atoms with Gasteiger partial charge < -0.3 is 15.4 Å². The van der Waals surface area contributed by atoms with E-state index in [0.29, 0.717) is 19.1 Å². The summed E-state index contributed by atoms with van der Waals surface area (Å²) in [6.07, 6.45) is 23.4. The molecule has 5 heteroatoms. The van der Waals surface area contributed by atoms with Crippen molar-refractivity contribution in [3.05, 3.63) is 0 Å². The summed E-state index contributed by atoms with van der Waals surface area (Å²) >= 11 is 0. The third-order valence-electron chi connectivity index (χ3n) is 8.41. The first kappa shape index (κ1) is 34.8. The fourth-order valence-electron chi connectivity index (χ4n) is 6.70. The number of alkyl carbamates (subject to hydrolysis) is 1. The zero-order valence-corrected chi connectivity index (χ0v) is 26.2. The van der Waals surface area contributed by atoms with Crippen molar-refractivity contribution < 1.29 is 14.3 Å². The Bertz CT molecular complexity index is 636. The first-order valence-corrected chi connectivity index (χ1v) is 16.3. The van der Waals surface area contributed by atoms with Gasteiger partial charge in [0.25, 0.3) is 0 Å². The van der Waals surface area contributed by atoms with Crippen molar-refractivity contribution in [2.24, 2.45) is 16.7 Å².